The predicted molar refractivity (Wildman–Crippen MR) is 53.3 cm³/mol. The quantitative estimate of drug-likeness (QED) is 0.738. The van der Waals surface area contributed by atoms with Crippen LogP contribution in [0.5, 0.6) is 0 Å². The third-order valence-electron chi connectivity index (χ3n) is 1.58. The number of hydrogen-bond acceptors (Lipinski definition) is 3. The molecule has 0 bridgehead atoms. The summed E-state index contributed by atoms with van der Waals surface area (Å²) in [7, 11) is 3.85. The van der Waals surface area contributed by atoms with Crippen molar-refractivity contribution in [3.05, 3.63) is 24.3 Å². The molecule has 1 rings (SSSR count). The molecule has 0 spiro atoms. The van der Waals surface area contributed by atoms with E-state index in [0.29, 0.717) is 5.69 Å². The summed E-state index contributed by atoms with van der Waals surface area (Å²) in [4.78, 5) is 1.94. The Labute approximate surface area is 80.0 Å². The van der Waals surface area contributed by atoms with Crippen molar-refractivity contribution in [2.75, 3.05) is 23.7 Å². The van der Waals surface area contributed by atoms with Crippen LogP contribution in [0.4, 0.5) is 11.4 Å². The van der Waals surface area contributed by atoms with Crippen molar-refractivity contribution in [2.45, 2.75) is 0 Å². The molecule has 0 aliphatic carbocycles. The second kappa shape index (κ2) is 4.25. The summed E-state index contributed by atoms with van der Waals surface area (Å²) in [6.45, 7) is 0. The Morgan fingerprint density at radius 2 is 1.85 bits per heavy atom. The highest BCUT2D eigenvalue weighted by atomic mass is 32.2. The lowest BCUT2D eigenvalue weighted by molar-refractivity contribution is 0.542. The van der Waals surface area contributed by atoms with Gasteiger partial charge in [-0.1, -0.05) is 0 Å². The minimum absolute atomic E-state index is 0.568. The molecule has 1 unspecified atom stereocenters. The van der Waals surface area contributed by atoms with E-state index in [0.717, 1.165) is 5.69 Å². The molecule has 0 aliphatic heterocycles. The molecule has 1 atom stereocenters. The Bertz CT molecular complexity index is 298. The molecule has 1 N–H and O–H groups in total. The number of nitrogens with zero attached hydrogens (tertiary/aromatic N) is 1. The molecule has 72 valence electrons. The van der Waals surface area contributed by atoms with E-state index in [4.69, 9.17) is 0 Å². The van der Waals surface area contributed by atoms with Gasteiger partial charge in [-0.15, -0.1) is 0 Å². The summed E-state index contributed by atoms with van der Waals surface area (Å²) in [5.74, 6) is 0. The van der Waals surface area contributed by atoms with E-state index in [2.05, 4.69) is 4.72 Å². The first-order valence-corrected chi connectivity index (χ1v) is 4.80. The summed E-state index contributed by atoms with van der Waals surface area (Å²) in [6.07, 6.45) is 0. The molecular weight excluding hydrogens is 188 g/mol. The lowest BCUT2D eigenvalue weighted by atomic mass is 10.3. The molecule has 0 saturated carbocycles. The monoisotopic (exact) mass is 199 g/mol. The summed E-state index contributed by atoms with van der Waals surface area (Å²) < 4.78 is 22.8. The Hall–Kier alpha value is -1.07. The van der Waals surface area contributed by atoms with Gasteiger partial charge in [0.05, 0.1) is 0 Å². The highest BCUT2D eigenvalue weighted by Gasteiger charge is 1.94. The van der Waals surface area contributed by atoms with Gasteiger partial charge in [-0.2, -0.15) is 0 Å². The summed E-state index contributed by atoms with van der Waals surface area (Å²) in [5, 5.41) is 0. The van der Waals surface area contributed by atoms with Crippen molar-refractivity contribution in [3.63, 3.8) is 0 Å². The average molecular weight is 199 g/mol. The second-order valence-corrected chi connectivity index (χ2v) is 3.45. The van der Waals surface area contributed by atoms with Crippen LogP contribution in [0.1, 0.15) is 0 Å². The van der Waals surface area contributed by atoms with E-state index in [-0.39, 0.29) is 0 Å². The van der Waals surface area contributed by atoms with Crippen LogP contribution >= 0.6 is 0 Å². The van der Waals surface area contributed by atoms with Gasteiger partial charge in [0.25, 0.3) is 0 Å². The average Bonchev–Trinajstić information content (AvgIpc) is 2.04. The third kappa shape index (κ3) is 3.04. The molecule has 5 heteroatoms. The zero-order valence-electron chi connectivity index (χ0n) is 7.48. The first-order chi connectivity index (χ1) is 6.09. The van der Waals surface area contributed by atoms with Crippen LogP contribution in [0.3, 0.4) is 0 Å². The topological polar surface area (TPSA) is 55.4 Å². The molecule has 0 amide bonds. The zero-order chi connectivity index (χ0) is 9.84. The van der Waals surface area contributed by atoms with Crippen molar-refractivity contribution in [1.82, 2.24) is 0 Å². The molecule has 0 radical (unpaired) electrons. The molecule has 13 heavy (non-hydrogen) atoms. The lowest BCUT2D eigenvalue weighted by Gasteiger charge is -2.13. The van der Waals surface area contributed by atoms with Crippen LogP contribution in [0.15, 0.2) is 24.3 Å². The van der Waals surface area contributed by atoms with Gasteiger partial charge in [0.1, 0.15) is 0 Å². The largest absolute Gasteiger partial charge is 0.755 e. The Balaban J connectivity index is 2.75. The van der Waals surface area contributed by atoms with E-state index >= 15 is 0 Å². The minimum Gasteiger partial charge on any atom is -0.755 e. The standard InChI is InChI=1S/C8H12N2O2S/c1-10(2)8-5-3-7(4-6-8)9-13(11)12/h3-6,9H,1-2H3,(H,11,12)/p-1. The van der Waals surface area contributed by atoms with E-state index in [1.165, 1.54) is 0 Å². The summed E-state index contributed by atoms with van der Waals surface area (Å²) in [5.41, 5.74) is 1.60. The maximum atomic E-state index is 10.3. The molecule has 1 aromatic rings. The van der Waals surface area contributed by atoms with Gasteiger partial charge >= 0.3 is 0 Å². The Morgan fingerprint density at radius 3 is 2.23 bits per heavy atom. The first kappa shape index (κ1) is 10.0. The smallest absolute Gasteiger partial charge is 0.0453 e. The van der Waals surface area contributed by atoms with Gasteiger partial charge in [0.15, 0.2) is 0 Å². The fourth-order valence-corrected chi connectivity index (χ4v) is 1.25. The Morgan fingerprint density at radius 1 is 1.31 bits per heavy atom. The normalized spacial score (nSPS) is 12.2. The van der Waals surface area contributed by atoms with Crippen LogP contribution in [0, 0.1) is 0 Å². The van der Waals surface area contributed by atoms with Gasteiger partial charge in [0.2, 0.25) is 0 Å². The fraction of sp³-hybridized carbons (Fsp3) is 0.250. The Kier molecular flexibility index (Phi) is 3.27. The van der Waals surface area contributed by atoms with E-state index in [9.17, 15) is 8.76 Å². The lowest BCUT2D eigenvalue weighted by Crippen LogP contribution is -2.08. The molecular formula is C8H11N2O2S-. The predicted octanol–water partition coefficient (Wildman–Crippen LogP) is 0.959. The molecule has 0 heterocycles. The molecule has 0 fully saturated rings. The van der Waals surface area contributed by atoms with Gasteiger partial charge in [-0.3, -0.25) is 4.21 Å². The van der Waals surface area contributed by atoms with Crippen molar-refractivity contribution in [1.29, 1.82) is 0 Å². The van der Waals surface area contributed by atoms with Crippen LogP contribution in [-0.4, -0.2) is 22.9 Å². The van der Waals surface area contributed by atoms with Crippen LogP contribution in [0.25, 0.3) is 0 Å². The maximum Gasteiger partial charge on any atom is 0.0453 e. The van der Waals surface area contributed by atoms with E-state index in [1.807, 2.05) is 31.1 Å². The van der Waals surface area contributed by atoms with Gasteiger partial charge in [0, 0.05) is 36.7 Å². The molecule has 0 aromatic heterocycles. The summed E-state index contributed by atoms with van der Waals surface area (Å²) in [6, 6.07) is 7.11. The highest BCUT2D eigenvalue weighted by molar-refractivity contribution is 7.80. The molecule has 0 aliphatic rings. The minimum atomic E-state index is -2.25. The fourth-order valence-electron chi connectivity index (χ4n) is 0.924. The van der Waals surface area contributed by atoms with Gasteiger partial charge in [-0.25, -0.2) is 0 Å². The van der Waals surface area contributed by atoms with Gasteiger partial charge < -0.3 is 14.2 Å². The molecule has 0 saturated heterocycles. The molecule has 4 nitrogen and oxygen atoms in total. The second-order valence-electron chi connectivity index (χ2n) is 2.78. The third-order valence-corrected chi connectivity index (χ3v) is 1.99. The zero-order valence-corrected chi connectivity index (χ0v) is 8.30. The van der Waals surface area contributed by atoms with E-state index < -0.39 is 11.3 Å². The maximum absolute atomic E-state index is 10.3. The number of rotatable bonds is 3. The number of benzene rings is 1. The summed E-state index contributed by atoms with van der Waals surface area (Å²) >= 11 is -2.25. The van der Waals surface area contributed by atoms with Crippen molar-refractivity contribution in [3.8, 4) is 0 Å². The number of nitrogens with one attached hydrogen (secondary N) is 1. The van der Waals surface area contributed by atoms with Crippen LogP contribution < -0.4 is 9.62 Å². The van der Waals surface area contributed by atoms with Crippen LogP contribution in [-0.2, 0) is 11.3 Å². The van der Waals surface area contributed by atoms with Crippen molar-refractivity contribution < 1.29 is 8.76 Å². The number of anilines is 2. The SMILES string of the molecule is CN(C)c1ccc(NS(=O)[O-])cc1. The van der Waals surface area contributed by atoms with Crippen molar-refractivity contribution in [2.24, 2.45) is 0 Å². The van der Waals surface area contributed by atoms with Crippen molar-refractivity contribution >= 4 is 22.6 Å². The first-order valence-electron chi connectivity index (χ1n) is 3.73. The number of hydrogen-bond donors (Lipinski definition) is 1. The highest BCUT2D eigenvalue weighted by Crippen LogP contribution is 2.15. The molecule has 1 aromatic carbocycles. The van der Waals surface area contributed by atoms with E-state index in [1.54, 1.807) is 12.1 Å². The van der Waals surface area contributed by atoms with Crippen LogP contribution in [0.2, 0.25) is 0 Å². The van der Waals surface area contributed by atoms with Gasteiger partial charge in [-0.05, 0) is 24.3 Å².